The highest BCUT2D eigenvalue weighted by Crippen LogP contribution is 2.24. The van der Waals surface area contributed by atoms with Gasteiger partial charge in [-0.15, -0.1) is 0 Å². The lowest BCUT2D eigenvalue weighted by Crippen LogP contribution is -2.12. The van der Waals surface area contributed by atoms with E-state index in [2.05, 4.69) is 0 Å². The Labute approximate surface area is 100 Å². The first-order chi connectivity index (χ1) is 7.81. The first-order valence-corrected chi connectivity index (χ1v) is 5.88. The molecule has 0 amide bonds. The summed E-state index contributed by atoms with van der Waals surface area (Å²) in [7, 11) is 0. The van der Waals surface area contributed by atoms with Crippen LogP contribution in [0.3, 0.4) is 0 Å². The minimum Gasteiger partial charge on any atom is -0.350 e. The minimum atomic E-state index is -0.148. The Kier molecular flexibility index (Phi) is 4.18. The van der Waals surface area contributed by atoms with Gasteiger partial charge in [-0.05, 0) is 24.1 Å². The van der Waals surface area contributed by atoms with Gasteiger partial charge in [0.1, 0.15) is 0 Å². The molecule has 1 aromatic carbocycles. The molecule has 0 aliphatic carbocycles. The first kappa shape index (κ1) is 11.9. The number of hydrogen-bond acceptors (Lipinski definition) is 3. The molecule has 1 aliphatic rings. The standard InChI is InChI=1S/C12H16ClNO2/c13-12-9(4-5-14)2-1-3-10(12)8-11-15-6-7-16-11/h1-3,11H,4-8,14H2. The Morgan fingerprint density at radius 2 is 1.94 bits per heavy atom. The number of hydrogen-bond donors (Lipinski definition) is 1. The predicted molar refractivity (Wildman–Crippen MR) is 63.6 cm³/mol. The topological polar surface area (TPSA) is 44.5 Å². The van der Waals surface area contributed by atoms with E-state index in [1.807, 2.05) is 18.2 Å². The third-order valence-electron chi connectivity index (χ3n) is 2.65. The van der Waals surface area contributed by atoms with Crippen molar-refractivity contribution in [1.82, 2.24) is 0 Å². The Morgan fingerprint density at radius 1 is 1.25 bits per heavy atom. The largest absolute Gasteiger partial charge is 0.350 e. The summed E-state index contributed by atoms with van der Waals surface area (Å²) in [6.07, 6.45) is 1.36. The Hall–Kier alpha value is -0.610. The number of benzene rings is 1. The van der Waals surface area contributed by atoms with Gasteiger partial charge in [-0.3, -0.25) is 0 Å². The van der Waals surface area contributed by atoms with E-state index >= 15 is 0 Å². The van der Waals surface area contributed by atoms with Crippen LogP contribution in [0, 0.1) is 0 Å². The molecule has 0 spiro atoms. The normalized spacial score (nSPS) is 16.9. The van der Waals surface area contributed by atoms with Crippen LogP contribution in [-0.4, -0.2) is 26.0 Å². The van der Waals surface area contributed by atoms with Crippen LogP contribution in [0.2, 0.25) is 5.02 Å². The molecule has 0 atom stereocenters. The van der Waals surface area contributed by atoms with Crippen molar-refractivity contribution >= 4 is 11.6 Å². The van der Waals surface area contributed by atoms with Crippen LogP contribution in [0.1, 0.15) is 11.1 Å². The molecule has 1 aromatic rings. The summed E-state index contributed by atoms with van der Waals surface area (Å²) >= 11 is 6.30. The van der Waals surface area contributed by atoms with Crippen LogP contribution < -0.4 is 5.73 Å². The van der Waals surface area contributed by atoms with Crippen molar-refractivity contribution in [3.63, 3.8) is 0 Å². The smallest absolute Gasteiger partial charge is 0.161 e. The molecular weight excluding hydrogens is 226 g/mol. The van der Waals surface area contributed by atoms with Gasteiger partial charge in [0, 0.05) is 11.4 Å². The molecule has 0 saturated carbocycles. The van der Waals surface area contributed by atoms with Gasteiger partial charge in [0.05, 0.1) is 13.2 Å². The zero-order valence-corrected chi connectivity index (χ0v) is 9.87. The average molecular weight is 242 g/mol. The van der Waals surface area contributed by atoms with Gasteiger partial charge in [0.15, 0.2) is 6.29 Å². The zero-order valence-electron chi connectivity index (χ0n) is 9.12. The molecule has 88 valence electrons. The maximum Gasteiger partial charge on any atom is 0.161 e. The van der Waals surface area contributed by atoms with Gasteiger partial charge >= 0.3 is 0 Å². The molecule has 2 N–H and O–H groups in total. The summed E-state index contributed by atoms with van der Waals surface area (Å²) in [5.74, 6) is 0. The van der Waals surface area contributed by atoms with Gasteiger partial charge in [0.2, 0.25) is 0 Å². The van der Waals surface area contributed by atoms with Crippen molar-refractivity contribution in [2.24, 2.45) is 5.73 Å². The van der Waals surface area contributed by atoms with Crippen LogP contribution in [0.15, 0.2) is 18.2 Å². The van der Waals surface area contributed by atoms with Gasteiger partial charge in [-0.25, -0.2) is 0 Å². The predicted octanol–water partition coefficient (Wildman–Crippen LogP) is 1.76. The number of ether oxygens (including phenoxy) is 2. The van der Waals surface area contributed by atoms with Crippen LogP contribution in [-0.2, 0) is 22.3 Å². The maximum absolute atomic E-state index is 6.30. The van der Waals surface area contributed by atoms with Gasteiger partial charge in [-0.1, -0.05) is 29.8 Å². The van der Waals surface area contributed by atoms with Crippen molar-refractivity contribution in [1.29, 1.82) is 0 Å². The fourth-order valence-electron chi connectivity index (χ4n) is 1.84. The number of rotatable bonds is 4. The second-order valence-electron chi connectivity index (χ2n) is 3.80. The zero-order chi connectivity index (χ0) is 11.4. The Morgan fingerprint density at radius 3 is 2.62 bits per heavy atom. The lowest BCUT2D eigenvalue weighted by molar-refractivity contribution is -0.0399. The minimum absolute atomic E-state index is 0.148. The lowest BCUT2D eigenvalue weighted by atomic mass is 10.1. The highest BCUT2D eigenvalue weighted by atomic mass is 35.5. The molecule has 1 saturated heterocycles. The van der Waals surface area contributed by atoms with Crippen LogP contribution in [0.4, 0.5) is 0 Å². The molecule has 0 radical (unpaired) electrons. The molecule has 0 aromatic heterocycles. The summed E-state index contributed by atoms with van der Waals surface area (Å²) in [6.45, 7) is 1.95. The summed E-state index contributed by atoms with van der Waals surface area (Å²) < 4.78 is 10.8. The molecule has 2 rings (SSSR count). The Bertz CT molecular complexity index is 351. The van der Waals surface area contributed by atoms with Gasteiger partial charge in [-0.2, -0.15) is 0 Å². The van der Waals surface area contributed by atoms with Crippen molar-refractivity contribution in [3.8, 4) is 0 Å². The van der Waals surface area contributed by atoms with E-state index in [0.29, 0.717) is 26.2 Å². The molecule has 1 heterocycles. The van der Waals surface area contributed by atoms with Crippen LogP contribution in [0.25, 0.3) is 0 Å². The molecule has 16 heavy (non-hydrogen) atoms. The van der Waals surface area contributed by atoms with E-state index in [1.54, 1.807) is 0 Å². The quantitative estimate of drug-likeness (QED) is 0.874. The molecular formula is C12H16ClNO2. The second kappa shape index (κ2) is 5.64. The SMILES string of the molecule is NCCc1cccc(CC2OCCO2)c1Cl. The summed E-state index contributed by atoms with van der Waals surface area (Å²) in [5.41, 5.74) is 7.70. The van der Waals surface area contributed by atoms with E-state index in [-0.39, 0.29) is 6.29 Å². The maximum atomic E-state index is 6.30. The Balaban J connectivity index is 2.10. The second-order valence-corrected chi connectivity index (χ2v) is 4.18. The molecule has 1 aliphatic heterocycles. The highest BCUT2D eigenvalue weighted by molar-refractivity contribution is 6.32. The third kappa shape index (κ3) is 2.74. The summed E-state index contributed by atoms with van der Waals surface area (Å²) in [4.78, 5) is 0. The number of nitrogens with two attached hydrogens (primary N) is 1. The van der Waals surface area contributed by atoms with Crippen molar-refractivity contribution in [2.45, 2.75) is 19.1 Å². The fourth-order valence-corrected chi connectivity index (χ4v) is 2.14. The molecule has 4 heteroatoms. The van der Waals surface area contributed by atoms with E-state index in [4.69, 9.17) is 26.8 Å². The van der Waals surface area contributed by atoms with E-state index in [9.17, 15) is 0 Å². The fraction of sp³-hybridized carbons (Fsp3) is 0.500. The van der Waals surface area contributed by atoms with Crippen molar-refractivity contribution in [3.05, 3.63) is 34.3 Å². The molecule has 3 nitrogen and oxygen atoms in total. The van der Waals surface area contributed by atoms with Crippen molar-refractivity contribution in [2.75, 3.05) is 19.8 Å². The monoisotopic (exact) mass is 241 g/mol. The third-order valence-corrected chi connectivity index (χ3v) is 3.14. The van der Waals surface area contributed by atoms with Crippen molar-refractivity contribution < 1.29 is 9.47 Å². The average Bonchev–Trinajstić information content (AvgIpc) is 2.77. The lowest BCUT2D eigenvalue weighted by Gasteiger charge is -2.12. The molecule has 0 bridgehead atoms. The summed E-state index contributed by atoms with van der Waals surface area (Å²) in [6, 6.07) is 6.02. The summed E-state index contributed by atoms with van der Waals surface area (Å²) in [5, 5.41) is 0.798. The van der Waals surface area contributed by atoms with E-state index in [0.717, 1.165) is 22.6 Å². The van der Waals surface area contributed by atoms with Gasteiger partial charge < -0.3 is 15.2 Å². The van der Waals surface area contributed by atoms with Crippen LogP contribution >= 0.6 is 11.6 Å². The highest BCUT2D eigenvalue weighted by Gasteiger charge is 2.18. The molecule has 1 fully saturated rings. The molecule has 0 unspecified atom stereocenters. The first-order valence-electron chi connectivity index (χ1n) is 5.51. The van der Waals surface area contributed by atoms with Gasteiger partial charge in [0.25, 0.3) is 0 Å². The van der Waals surface area contributed by atoms with E-state index in [1.165, 1.54) is 0 Å². The van der Waals surface area contributed by atoms with Crippen LogP contribution in [0.5, 0.6) is 0 Å². The van der Waals surface area contributed by atoms with E-state index < -0.39 is 0 Å². The number of halogens is 1.